The fourth-order valence-electron chi connectivity index (χ4n) is 1.09. The van der Waals surface area contributed by atoms with Gasteiger partial charge in [-0.05, 0) is 18.6 Å². The Labute approximate surface area is 81.7 Å². The van der Waals surface area contributed by atoms with Crippen molar-refractivity contribution in [3.05, 3.63) is 41.2 Å². The van der Waals surface area contributed by atoms with Gasteiger partial charge in [0.1, 0.15) is 5.82 Å². The van der Waals surface area contributed by atoms with E-state index in [1.807, 2.05) is 0 Å². The fourth-order valence-corrected chi connectivity index (χ4v) is 1.09. The Morgan fingerprint density at radius 2 is 2.14 bits per heavy atom. The van der Waals surface area contributed by atoms with Gasteiger partial charge in [0.15, 0.2) is 0 Å². The standard InChI is InChI=1S/C11H11FO2/c1-2-8(11(13)14)7-9-5-3-4-6-10(9)12/h3-7H,2H2,1H3,(H,13,14). The van der Waals surface area contributed by atoms with E-state index in [-0.39, 0.29) is 5.57 Å². The molecular formula is C11H11FO2. The zero-order valence-electron chi connectivity index (χ0n) is 7.83. The molecule has 14 heavy (non-hydrogen) atoms. The van der Waals surface area contributed by atoms with Crippen LogP contribution >= 0.6 is 0 Å². The highest BCUT2D eigenvalue weighted by molar-refractivity contribution is 5.92. The number of benzene rings is 1. The molecule has 1 aromatic carbocycles. The minimum absolute atomic E-state index is 0.204. The van der Waals surface area contributed by atoms with Crippen LogP contribution in [0.25, 0.3) is 6.08 Å². The Morgan fingerprint density at radius 1 is 1.50 bits per heavy atom. The molecule has 0 aromatic heterocycles. The molecule has 0 aliphatic rings. The first kappa shape index (κ1) is 10.4. The van der Waals surface area contributed by atoms with Gasteiger partial charge in [-0.1, -0.05) is 25.1 Å². The number of carboxylic acid groups (broad SMARTS) is 1. The summed E-state index contributed by atoms with van der Waals surface area (Å²) in [6.07, 6.45) is 1.74. The second kappa shape index (κ2) is 4.56. The normalized spacial score (nSPS) is 11.4. The Morgan fingerprint density at radius 3 is 2.64 bits per heavy atom. The monoisotopic (exact) mass is 194 g/mol. The highest BCUT2D eigenvalue weighted by Gasteiger charge is 2.05. The summed E-state index contributed by atoms with van der Waals surface area (Å²) in [4.78, 5) is 10.7. The predicted octanol–water partition coefficient (Wildman–Crippen LogP) is 2.70. The zero-order chi connectivity index (χ0) is 10.6. The molecule has 74 valence electrons. The van der Waals surface area contributed by atoms with E-state index in [1.165, 1.54) is 12.1 Å². The number of halogens is 1. The Bertz CT molecular complexity index is 369. The number of hydrogen-bond acceptors (Lipinski definition) is 1. The van der Waals surface area contributed by atoms with Crippen molar-refractivity contribution in [2.45, 2.75) is 13.3 Å². The largest absolute Gasteiger partial charge is 0.478 e. The summed E-state index contributed by atoms with van der Waals surface area (Å²) in [6, 6.07) is 6.10. The van der Waals surface area contributed by atoms with E-state index in [2.05, 4.69) is 0 Å². The number of hydrogen-bond donors (Lipinski definition) is 1. The van der Waals surface area contributed by atoms with Gasteiger partial charge >= 0.3 is 5.97 Å². The predicted molar refractivity (Wildman–Crippen MR) is 52.3 cm³/mol. The number of rotatable bonds is 3. The highest BCUT2D eigenvalue weighted by atomic mass is 19.1. The second-order valence-electron chi connectivity index (χ2n) is 2.85. The third-order valence-corrected chi connectivity index (χ3v) is 1.89. The maximum atomic E-state index is 13.1. The lowest BCUT2D eigenvalue weighted by molar-refractivity contribution is -0.132. The van der Waals surface area contributed by atoms with Crippen LogP contribution in [0.15, 0.2) is 29.8 Å². The Balaban J connectivity index is 3.07. The van der Waals surface area contributed by atoms with Gasteiger partial charge in [-0.15, -0.1) is 0 Å². The zero-order valence-corrected chi connectivity index (χ0v) is 7.83. The maximum absolute atomic E-state index is 13.1. The summed E-state index contributed by atoms with van der Waals surface area (Å²) in [5.41, 5.74) is 0.516. The van der Waals surface area contributed by atoms with Gasteiger partial charge in [0.2, 0.25) is 0 Å². The first-order valence-corrected chi connectivity index (χ1v) is 4.33. The molecule has 0 aliphatic carbocycles. The molecule has 0 bridgehead atoms. The van der Waals surface area contributed by atoms with Crippen molar-refractivity contribution < 1.29 is 14.3 Å². The van der Waals surface area contributed by atoms with Gasteiger partial charge in [-0.2, -0.15) is 0 Å². The third-order valence-electron chi connectivity index (χ3n) is 1.89. The summed E-state index contributed by atoms with van der Waals surface area (Å²) in [7, 11) is 0. The Hall–Kier alpha value is -1.64. The summed E-state index contributed by atoms with van der Waals surface area (Å²) in [5.74, 6) is -1.41. The molecule has 0 spiro atoms. The molecule has 3 heteroatoms. The van der Waals surface area contributed by atoms with E-state index < -0.39 is 11.8 Å². The van der Waals surface area contributed by atoms with Crippen molar-refractivity contribution in [1.82, 2.24) is 0 Å². The second-order valence-corrected chi connectivity index (χ2v) is 2.85. The summed E-state index contributed by atoms with van der Waals surface area (Å²) < 4.78 is 13.1. The molecule has 0 radical (unpaired) electrons. The average molecular weight is 194 g/mol. The summed E-state index contributed by atoms with van der Waals surface area (Å²) in [6.45, 7) is 1.72. The molecule has 0 saturated heterocycles. The van der Waals surface area contributed by atoms with Crippen LogP contribution in [0, 0.1) is 5.82 Å². The molecule has 1 N–H and O–H groups in total. The molecule has 0 saturated carbocycles. The quantitative estimate of drug-likeness (QED) is 0.751. The molecule has 0 unspecified atom stereocenters. The Kier molecular flexibility index (Phi) is 3.40. The van der Waals surface area contributed by atoms with Gasteiger partial charge in [0.05, 0.1) is 0 Å². The lowest BCUT2D eigenvalue weighted by Gasteiger charge is -1.99. The maximum Gasteiger partial charge on any atom is 0.331 e. The van der Waals surface area contributed by atoms with Gasteiger partial charge in [0, 0.05) is 11.1 Å². The average Bonchev–Trinajstić information content (AvgIpc) is 2.16. The van der Waals surface area contributed by atoms with Crippen LogP contribution in [-0.4, -0.2) is 11.1 Å². The van der Waals surface area contributed by atoms with Crippen LogP contribution in [0.4, 0.5) is 4.39 Å². The molecule has 1 rings (SSSR count). The SMILES string of the molecule is CCC(=Cc1ccccc1F)C(=O)O. The fraction of sp³-hybridized carbons (Fsp3) is 0.182. The third kappa shape index (κ3) is 2.42. The number of carboxylic acids is 1. The van der Waals surface area contributed by atoms with E-state index >= 15 is 0 Å². The minimum Gasteiger partial charge on any atom is -0.478 e. The molecule has 0 heterocycles. The molecular weight excluding hydrogens is 183 g/mol. The topological polar surface area (TPSA) is 37.3 Å². The van der Waals surface area contributed by atoms with Crippen molar-refractivity contribution in [2.24, 2.45) is 0 Å². The van der Waals surface area contributed by atoms with Gasteiger partial charge < -0.3 is 5.11 Å². The molecule has 2 nitrogen and oxygen atoms in total. The molecule has 0 amide bonds. The van der Waals surface area contributed by atoms with Crippen LogP contribution in [0.2, 0.25) is 0 Å². The van der Waals surface area contributed by atoms with E-state index in [9.17, 15) is 9.18 Å². The van der Waals surface area contributed by atoms with E-state index in [1.54, 1.807) is 25.1 Å². The molecule has 0 atom stereocenters. The van der Waals surface area contributed by atoms with E-state index in [0.29, 0.717) is 12.0 Å². The first-order chi connectivity index (χ1) is 6.65. The summed E-state index contributed by atoms with van der Waals surface area (Å²) in [5, 5.41) is 8.73. The lowest BCUT2D eigenvalue weighted by atomic mass is 10.1. The van der Waals surface area contributed by atoms with Crippen molar-refractivity contribution in [1.29, 1.82) is 0 Å². The molecule has 0 aliphatic heterocycles. The van der Waals surface area contributed by atoms with Crippen LogP contribution < -0.4 is 0 Å². The van der Waals surface area contributed by atoms with Crippen molar-refractivity contribution in [2.75, 3.05) is 0 Å². The first-order valence-electron chi connectivity index (χ1n) is 4.33. The summed E-state index contributed by atoms with van der Waals surface area (Å²) >= 11 is 0. The van der Waals surface area contributed by atoms with Crippen LogP contribution in [0.5, 0.6) is 0 Å². The van der Waals surface area contributed by atoms with Crippen molar-refractivity contribution in [3.63, 3.8) is 0 Å². The van der Waals surface area contributed by atoms with Crippen LogP contribution in [-0.2, 0) is 4.79 Å². The smallest absolute Gasteiger partial charge is 0.331 e. The van der Waals surface area contributed by atoms with E-state index in [0.717, 1.165) is 0 Å². The molecule has 0 fully saturated rings. The number of aliphatic carboxylic acids is 1. The van der Waals surface area contributed by atoms with Gasteiger partial charge in [0.25, 0.3) is 0 Å². The lowest BCUT2D eigenvalue weighted by Crippen LogP contribution is -1.99. The van der Waals surface area contributed by atoms with Crippen molar-refractivity contribution >= 4 is 12.0 Å². The molecule has 1 aromatic rings. The van der Waals surface area contributed by atoms with E-state index in [4.69, 9.17) is 5.11 Å². The van der Waals surface area contributed by atoms with Crippen LogP contribution in [0.1, 0.15) is 18.9 Å². The van der Waals surface area contributed by atoms with Crippen LogP contribution in [0.3, 0.4) is 0 Å². The van der Waals surface area contributed by atoms with Gasteiger partial charge in [-0.25, -0.2) is 9.18 Å². The highest BCUT2D eigenvalue weighted by Crippen LogP contribution is 2.13. The number of carbonyl (C=O) groups is 1. The minimum atomic E-state index is -1.00. The van der Waals surface area contributed by atoms with Crippen molar-refractivity contribution in [3.8, 4) is 0 Å². The van der Waals surface area contributed by atoms with Gasteiger partial charge in [-0.3, -0.25) is 0 Å².